The van der Waals surface area contributed by atoms with E-state index in [1.165, 1.54) is 31.5 Å². The Bertz CT molecular complexity index is 375. The van der Waals surface area contributed by atoms with Crippen LogP contribution in [0.2, 0.25) is 5.02 Å². The Labute approximate surface area is 115 Å². The van der Waals surface area contributed by atoms with Gasteiger partial charge in [-0.3, -0.25) is 4.90 Å². The smallest absolute Gasteiger partial charge is 0.0453 e. The van der Waals surface area contributed by atoms with Crippen molar-refractivity contribution >= 4 is 11.6 Å². The molecule has 1 aromatic carbocycles. The molecule has 1 heterocycles. The lowest BCUT2D eigenvalue weighted by atomic mass is 10.1. The van der Waals surface area contributed by atoms with Crippen molar-refractivity contribution in [3.8, 4) is 0 Å². The third-order valence-electron chi connectivity index (χ3n) is 3.86. The van der Waals surface area contributed by atoms with E-state index in [9.17, 15) is 0 Å². The van der Waals surface area contributed by atoms with Crippen molar-refractivity contribution < 1.29 is 0 Å². The monoisotopic (exact) mass is 266 g/mol. The minimum absolute atomic E-state index is 0.309. The number of hydrogen-bond donors (Lipinski definition) is 1. The third kappa shape index (κ3) is 3.47. The molecule has 0 aliphatic carbocycles. The molecule has 0 spiro atoms. The highest BCUT2D eigenvalue weighted by molar-refractivity contribution is 6.31. The molecule has 100 valence electrons. The van der Waals surface area contributed by atoms with Gasteiger partial charge in [0.2, 0.25) is 0 Å². The number of hydrogen-bond acceptors (Lipinski definition) is 2. The van der Waals surface area contributed by atoms with Crippen molar-refractivity contribution in [2.24, 2.45) is 0 Å². The van der Waals surface area contributed by atoms with Crippen molar-refractivity contribution in [1.82, 2.24) is 10.2 Å². The maximum Gasteiger partial charge on any atom is 0.0453 e. The van der Waals surface area contributed by atoms with Gasteiger partial charge >= 0.3 is 0 Å². The van der Waals surface area contributed by atoms with E-state index in [0.717, 1.165) is 11.6 Å². The Kier molecular flexibility index (Phi) is 5.04. The van der Waals surface area contributed by atoms with E-state index in [-0.39, 0.29) is 0 Å². The largest absolute Gasteiger partial charge is 0.309 e. The van der Waals surface area contributed by atoms with Gasteiger partial charge in [-0.15, -0.1) is 0 Å². The average molecular weight is 267 g/mol. The molecule has 0 aromatic heterocycles. The van der Waals surface area contributed by atoms with Gasteiger partial charge in [0, 0.05) is 23.7 Å². The zero-order chi connectivity index (χ0) is 13.0. The summed E-state index contributed by atoms with van der Waals surface area (Å²) in [6, 6.07) is 9.00. The molecule has 2 unspecified atom stereocenters. The molecule has 1 aliphatic heterocycles. The summed E-state index contributed by atoms with van der Waals surface area (Å²) in [5.41, 5.74) is 1.19. The molecule has 1 N–H and O–H groups in total. The Morgan fingerprint density at radius 3 is 2.56 bits per heavy atom. The van der Waals surface area contributed by atoms with Gasteiger partial charge in [-0.25, -0.2) is 0 Å². The van der Waals surface area contributed by atoms with E-state index in [0.29, 0.717) is 12.1 Å². The minimum Gasteiger partial charge on any atom is -0.309 e. The fraction of sp³-hybridized carbons (Fsp3) is 0.600. The van der Waals surface area contributed by atoms with Crippen molar-refractivity contribution in [3.63, 3.8) is 0 Å². The van der Waals surface area contributed by atoms with Crippen LogP contribution < -0.4 is 5.32 Å². The van der Waals surface area contributed by atoms with Crippen LogP contribution in [-0.2, 0) is 0 Å². The van der Waals surface area contributed by atoms with Crippen LogP contribution in [0.5, 0.6) is 0 Å². The van der Waals surface area contributed by atoms with Crippen LogP contribution in [0.3, 0.4) is 0 Å². The average Bonchev–Trinajstić information content (AvgIpc) is 2.90. The maximum absolute atomic E-state index is 6.21. The molecule has 2 atom stereocenters. The van der Waals surface area contributed by atoms with Crippen molar-refractivity contribution in [2.75, 3.05) is 19.6 Å². The van der Waals surface area contributed by atoms with Gasteiger partial charge in [0.05, 0.1) is 0 Å². The number of nitrogens with one attached hydrogen (secondary N) is 1. The SMILES string of the molecule is CC(NCC(C)N1CCCC1)c1ccccc1Cl. The van der Waals surface area contributed by atoms with Gasteiger partial charge in [0.25, 0.3) is 0 Å². The predicted octanol–water partition coefficient (Wildman–Crippen LogP) is 3.47. The quantitative estimate of drug-likeness (QED) is 0.878. The molecule has 2 nitrogen and oxygen atoms in total. The fourth-order valence-electron chi connectivity index (χ4n) is 2.60. The lowest BCUT2D eigenvalue weighted by Crippen LogP contribution is -2.39. The second kappa shape index (κ2) is 6.55. The first kappa shape index (κ1) is 13.9. The Hall–Kier alpha value is -0.570. The molecular weight excluding hydrogens is 244 g/mol. The minimum atomic E-state index is 0.309. The summed E-state index contributed by atoms with van der Waals surface area (Å²) in [4.78, 5) is 2.56. The standard InChI is InChI=1S/C15H23ClN2/c1-12(18-9-5-6-10-18)11-17-13(2)14-7-3-4-8-15(14)16/h3-4,7-8,12-13,17H,5-6,9-11H2,1-2H3. The molecule has 3 heteroatoms. The predicted molar refractivity (Wildman–Crippen MR) is 78.1 cm³/mol. The summed E-state index contributed by atoms with van der Waals surface area (Å²) in [5, 5.41) is 4.44. The van der Waals surface area contributed by atoms with Gasteiger partial charge in [0.15, 0.2) is 0 Å². The summed E-state index contributed by atoms with van der Waals surface area (Å²) in [7, 11) is 0. The summed E-state index contributed by atoms with van der Waals surface area (Å²) in [6.07, 6.45) is 2.70. The van der Waals surface area contributed by atoms with Crippen LogP contribution in [-0.4, -0.2) is 30.6 Å². The number of benzene rings is 1. The topological polar surface area (TPSA) is 15.3 Å². The Balaban J connectivity index is 1.84. The van der Waals surface area contributed by atoms with Crippen LogP contribution in [0, 0.1) is 0 Å². The molecular formula is C15H23ClN2. The molecule has 1 saturated heterocycles. The van der Waals surface area contributed by atoms with Crippen LogP contribution in [0.25, 0.3) is 0 Å². The third-order valence-corrected chi connectivity index (χ3v) is 4.20. The van der Waals surface area contributed by atoms with E-state index in [4.69, 9.17) is 11.6 Å². The van der Waals surface area contributed by atoms with Crippen LogP contribution in [0.1, 0.15) is 38.3 Å². The van der Waals surface area contributed by atoms with E-state index >= 15 is 0 Å². The molecule has 0 amide bonds. The van der Waals surface area contributed by atoms with Gasteiger partial charge in [-0.05, 0) is 51.4 Å². The van der Waals surface area contributed by atoms with E-state index in [2.05, 4.69) is 30.1 Å². The lowest BCUT2D eigenvalue weighted by Gasteiger charge is -2.26. The van der Waals surface area contributed by atoms with Gasteiger partial charge in [-0.1, -0.05) is 29.8 Å². The van der Waals surface area contributed by atoms with Gasteiger partial charge < -0.3 is 5.32 Å². The summed E-state index contributed by atoms with van der Waals surface area (Å²) < 4.78 is 0. The van der Waals surface area contributed by atoms with E-state index in [1.54, 1.807) is 0 Å². The summed E-state index contributed by atoms with van der Waals surface area (Å²) >= 11 is 6.21. The molecule has 0 radical (unpaired) electrons. The second-order valence-electron chi connectivity index (χ2n) is 5.24. The number of nitrogens with zero attached hydrogens (tertiary/aromatic N) is 1. The molecule has 1 aliphatic rings. The zero-order valence-electron chi connectivity index (χ0n) is 11.3. The first-order chi connectivity index (χ1) is 8.68. The molecule has 2 rings (SSSR count). The Morgan fingerprint density at radius 2 is 1.89 bits per heavy atom. The maximum atomic E-state index is 6.21. The molecule has 1 aromatic rings. The van der Waals surface area contributed by atoms with Gasteiger partial charge in [0.1, 0.15) is 0 Å². The highest BCUT2D eigenvalue weighted by Gasteiger charge is 2.18. The molecule has 0 saturated carbocycles. The van der Waals surface area contributed by atoms with E-state index in [1.807, 2.05) is 18.2 Å². The van der Waals surface area contributed by atoms with Crippen molar-refractivity contribution in [3.05, 3.63) is 34.9 Å². The summed E-state index contributed by atoms with van der Waals surface area (Å²) in [6.45, 7) is 8.01. The van der Waals surface area contributed by atoms with Gasteiger partial charge in [-0.2, -0.15) is 0 Å². The number of halogens is 1. The van der Waals surface area contributed by atoms with Crippen molar-refractivity contribution in [1.29, 1.82) is 0 Å². The molecule has 0 bridgehead atoms. The highest BCUT2D eigenvalue weighted by atomic mass is 35.5. The number of likely N-dealkylation sites (tertiary alicyclic amines) is 1. The highest BCUT2D eigenvalue weighted by Crippen LogP contribution is 2.22. The van der Waals surface area contributed by atoms with Crippen LogP contribution >= 0.6 is 11.6 Å². The molecule has 1 fully saturated rings. The second-order valence-corrected chi connectivity index (χ2v) is 5.65. The van der Waals surface area contributed by atoms with Crippen molar-refractivity contribution in [2.45, 2.75) is 38.8 Å². The summed E-state index contributed by atoms with van der Waals surface area (Å²) in [5.74, 6) is 0. The molecule has 18 heavy (non-hydrogen) atoms. The lowest BCUT2D eigenvalue weighted by molar-refractivity contribution is 0.247. The van der Waals surface area contributed by atoms with Crippen LogP contribution in [0.4, 0.5) is 0 Å². The van der Waals surface area contributed by atoms with E-state index < -0.39 is 0 Å². The Morgan fingerprint density at radius 1 is 1.22 bits per heavy atom. The van der Waals surface area contributed by atoms with Crippen LogP contribution in [0.15, 0.2) is 24.3 Å². The fourth-order valence-corrected chi connectivity index (χ4v) is 2.89. The first-order valence-electron chi connectivity index (χ1n) is 6.90. The normalized spacial score (nSPS) is 19.9. The number of rotatable bonds is 5. The zero-order valence-corrected chi connectivity index (χ0v) is 12.1. The first-order valence-corrected chi connectivity index (χ1v) is 7.28.